The van der Waals surface area contributed by atoms with Crippen LogP contribution in [-0.4, -0.2) is 17.5 Å². The summed E-state index contributed by atoms with van der Waals surface area (Å²) in [5.74, 6) is -1.47. The van der Waals surface area contributed by atoms with Crippen LogP contribution in [0.25, 0.3) is 6.08 Å². The minimum Gasteiger partial charge on any atom is -0.313 e. The number of amides is 2. The van der Waals surface area contributed by atoms with Crippen LogP contribution in [0.5, 0.6) is 0 Å². The lowest BCUT2D eigenvalue weighted by Crippen LogP contribution is -2.40. The molecule has 2 amide bonds. The topological polar surface area (TPSA) is 32.3 Å². The number of aryl methyl sites for hydroxylation is 1. The molecule has 1 aliphatic rings. The average Bonchev–Trinajstić information content (AvgIpc) is 2.79. The standard InChI is InChI=1S/C27H26F2N2O/c1-19(16-20-8-3-2-4-9-20)18-31(26-13-7-11-21-10-5-6-12-23(21)26)27(32)30-25-15-14-22(28)17-24(25)29/h2-6,8-10,12,14-17,26H,7,11,13,18H2,1H3,(H,30,32)/b19-16+. The molecule has 1 N–H and O–H groups in total. The van der Waals surface area contributed by atoms with Crippen LogP contribution in [-0.2, 0) is 6.42 Å². The third kappa shape index (κ3) is 5.05. The molecule has 3 aromatic carbocycles. The second kappa shape index (κ2) is 9.77. The fraction of sp³-hybridized carbons (Fsp3) is 0.222. The molecule has 0 saturated heterocycles. The molecule has 0 aromatic heterocycles. The van der Waals surface area contributed by atoms with Crippen LogP contribution in [0.2, 0.25) is 0 Å². The van der Waals surface area contributed by atoms with Gasteiger partial charge in [-0.1, -0.05) is 66.2 Å². The first-order valence-electron chi connectivity index (χ1n) is 10.8. The molecule has 3 aromatic rings. The van der Waals surface area contributed by atoms with Gasteiger partial charge in [-0.05, 0) is 55.0 Å². The number of rotatable bonds is 5. The van der Waals surface area contributed by atoms with E-state index in [-0.39, 0.29) is 11.7 Å². The Labute approximate surface area is 187 Å². The number of nitrogens with zero attached hydrogens (tertiary/aromatic N) is 1. The van der Waals surface area contributed by atoms with E-state index < -0.39 is 17.7 Å². The van der Waals surface area contributed by atoms with Crippen LogP contribution in [0.1, 0.15) is 42.5 Å². The fourth-order valence-corrected chi connectivity index (χ4v) is 4.30. The molecular formula is C27H26F2N2O. The Morgan fingerprint density at radius 2 is 1.81 bits per heavy atom. The summed E-state index contributed by atoms with van der Waals surface area (Å²) in [5.41, 5.74) is 4.39. The van der Waals surface area contributed by atoms with Crippen LogP contribution in [0.4, 0.5) is 19.3 Å². The lowest BCUT2D eigenvalue weighted by atomic mass is 9.86. The Hall–Kier alpha value is -3.47. The molecule has 0 aliphatic heterocycles. The second-order valence-corrected chi connectivity index (χ2v) is 8.19. The van der Waals surface area contributed by atoms with Gasteiger partial charge in [-0.3, -0.25) is 0 Å². The molecule has 5 heteroatoms. The quantitative estimate of drug-likeness (QED) is 0.463. The van der Waals surface area contributed by atoms with Crippen LogP contribution < -0.4 is 5.32 Å². The Kier molecular flexibility index (Phi) is 6.64. The first kappa shape index (κ1) is 21.8. The van der Waals surface area contributed by atoms with Crippen molar-refractivity contribution >= 4 is 17.8 Å². The lowest BCUT2D eigenvalue weighted by molar-refractivity contribution is 0.186. The molecule has 1 aliphatic carbocycles. The number of hydrogen-bond acceptors (Lipinski definition) is 1. The summed E-state index contributed by atoms with van der Waals surface area (Å²) in [5, 5.41) is 2.65. The SMILES string of the molecule is C/C(=C\c1ccccc1)CN(C(=O)Nc1ccc(F)cc1F)C1CCCc2ccccc21. The number of hydrogen-bond donors (Lipinski definition) is 1. The number of anilines is 1. The van der Waals surface area contributed by atoms with Gasteiger partial charge < -0.3 is 10.2 Å². The molecule has 0 spiro atoms. The predicted molar refractivity (Wildman–Crippen MR) is 124 cm³/mol. The van der Waals surface area contributed by atoms with E-state index in [9.17, 15) is 13.6 Å². The van der Waals surface area contributed by atoms with E-state index in [0.717, 1.165) is 48.1 Å². The van der Waals surface area contributed by atoms with Gasteiger partial charge in [0, 0.05) is 12.6 Å². The van der Waals surface area contributed by atoms with Crippen molar-refractivity contribution in [2.75, 3.05) is 11.9 Å². The summed E-state index contributed by atoms with van der Waals surface area (Å²) >= 11 is 0. The Morgan fingerprint density at radius 1 is 1.06 bits per heavy atom. The van der Waals surface area contributed by atoms with Crippen molar-refractivity contribution < 1.29 is 13.6 Å². The maximum absolute atomic E-state index is 14.2. The first-order chi connectivity index (χ1) is 15.5. The largest absolute Gasteiger partial charge is 0.322 e. The van der Waals surface area contributed by atoms with E-state index in [4.69, 9.17) is 0 Å². The van der Waals surface area contributed by atoms with E-state index in [1.54, 1.807) is 4.90 Å². The Balaban J connectivity index is 1.65. The number of halogens is 2. The molecule has 1 unspecified atom stereocenters. The van der Waals surface area contributed by atoms with Gasteiger partial charge in [-0.25, -0.2) is 13.6 Å². The predicted octanol–water partition coefficient (Wildman–Crippen LogP) is 6.98. The van der Waals surface area contributed by atoms with Crippen molar-refractivity contribution in [3.8, 4) is 0 Å². The second-order valence-electron chi connectivity index (χ2n) is 8.19. The van der Waals surface area contributed by atoms with Gasteiger partial charge in [0.05, 0.1) is 11.7 Å². The third-order valence-electron chi connectivity index (χ3n) is 5.78. The molecule has 0 bridgehead atoms. The van der Waals surface area contributed by atoms with Gasteiger partial charge >= 0.3 is 6.03 Å². The van der Waals surface area contributed by atoms with E-state index in [0.29, 0.717) is 6.54 Å². The molecule has 0 saturated carbocycles. The Bertz CT molecular complexity index is 1130. The van der Waals surface area contributed by atoms with Crippen LogP contribution in [0.3, 0.4) is 0 Å². The number of fused-ring (bicyclic) bond motifs is 1. The summed E-state index contributed by atoms with van der Waals surface area (Å²) in [4.78, 5) is 15.1. The van der Waals surface area contributed by atoms with Crippen LogP contribution in [0, 0.1) is 11.6 Å². The maximum Gasteiger partial charge on any atom is 0.322 e. The highest BCUT2D eigenvalue weighted by Crippen LogP contribution is 2.35. The zero-order valence-corrected chi connectivity index (χ0v) is 18.0. The van der Waals surface area contributed by atoms with E-state index >= 15 is 0 Å². The molecular weight excluding hydrogens is 406 g/mol. The van der Waals surface area contributed by atoms with Crippen molar-refractivity contribution in [3.05, 3.63) is 107 Å². The van der Waals surface area contributed by atoms with Crippen LogP contribution in [0.15, 0.2) is 78.4 Å². The van der Waals surface area contributed by atoms with Gasteiger partial charge in [0.2, 0.25) is 0 Å². The monoisotopic (exact) mass is 432 g/mol. The van der Waals surface area contributed by atoms with Crippen molar-refractivity contribution in [3.63, 3.8) is 0 Å². The van der Waals surface area contributed by atoms with Gasteiger partial charge in [0.25, 0.3) is 0 Å². The van der Waals surface area contributed by atoms with E-state index in [1.165, 1.54) is 11.6 Å². The first-order valence-corrected chi connectivity index (χ1v) is 10.8. The molecule has 32 heavy (non-hydrogen) atoms. The molecule has 0 radical (unpaired) electrons. The van der Waals surface area contributed by atoms with Gasteiger partial charge in [0.15, 0.2) is 0 Å². The Morgan fingerprint density at radius 3 is 2.59 bits per heavy atom. The highest BCUT2D eigenvalue weighted by atomic mass is 19.1. The highest BCUT2D eigenvalue weighted by molar-refractivity contribution is 5.90. The number of carbonyl (C=O) groups is 1. The van der Waals surface area contributed by atoms with Gasteiger partial charge in [-0.2, -0.15) is 0 Å². The van der Waals surface area contributed by atoms with Gasteiger partial charge in [0.1, 0.15) is 11.6 Å². The normalized spacial score (nSPS) is 15.7. The fourth-order valence-electron chi connectivity index (χ4n) is 4.30. The number of benzene rings is 3. The van der Waals surface area contributed by atoms with E-state index in [2.05, 4.69) is 17.4 Å². The number of nitrogens with one attached hydrogen (secondary N) is 1. The van der Waals surface area contributed by atoms with Crippen molar-refractivity contribution in [1.82, 2.24) is 4.90 Å². The molecule has 0 heterocycles. The average molecular weight is 433 g/mol. The number of urea groups is 1. The summed E-state index contributed by atoms with van der Waals surface area (Å²) in [6.07, 6.45) is 4.83. The zero-order chi connectivity index (χ0) is 22.5. The third-order valence-corrected chi connectivity index (χ3v) is 5.78. The summed E-state index contributed by atoms with van der Waals surface area (Å²) in [7, 11) is 0. The summed E-state index contributed by atoms with van der Waals surface area (Å²) < 4.78 is 27.5. The summed E-state index contributed by atoms with van der Waals surface area (Å²) in [6.45, 7) is 2.38. The number of carbonyl (C=O) groups excluding carboxylic acids is 1. The minimum atomic E-state index is -0.793. The zero-order valence-electron chi connectivity index (χ0n) is 18.0. The minimum absolute atomic E-state index is 0.0322. The van der Waals surface area contributed by atoms with Crippen molar-refractivity contribution in [2.45, 2.75) is 32.2 Å². The molecule has 0 fully saturated rings. The molecule has 4 rings (SSSR count). The molecule has 3 nitrogen and oxygen atoms in total. The summed E-state index contributed by atoms with van der Waals surface area (Å²) in [6, 6.07) is 20.7. The smallest absolute Gasteiger partial charge is 0.313 e. The van der Waals surface area contributed by atoms with Gasteiger partial charge in [-0.15, -0.1) is 0 Å². The highest BCUT2D eigenvalue weighted by Gasteiger charge is 2.29. The van der Waals surface area contributed by atoms with Crippen LogP contribution >= 0.6 is 0 Å². The molecule has 164 valence electrons. The van der Waals surface area contributed by atoms with E-state index in [1.807, 2.05) is 55.5 Å². The van der Waals surface area contributed by atoms with Crippen molar-refractivity contribution in [1.29, 1.82) is 0 Å². The lowest BCUT2D eigenvalue weighted by Gasteiger charge is -2.36. The maximum atomic E-state index is 14.2. The molecule has 1 atom stereocenters. The van der Waals surface area contributed by atoms with Crippen molar-refractivity contribution in [2.24, 2.45) is 0 Å².